The Bertz CT molecular complexity index is 443. The summed E-state index contributed by atoms with van der Waals surface area (Å²) < 4.78 is 6.16. The standard InChI is InChI=1S/C22H38O4/c1-17(2)9-5-3-6-14-22(15-7-4-8-16-22)26-21(25)19-12-10-18(11-13-19)20(23)24/h17-19H,3-16H2,1-2H3,(H,23,24). The molecule has 0 aliphatic heterocycles. The molecule has 0 spiro atoms. The lowest BCUT2D eigenvalue weighted by Crippen LogP contribution is -2.40. The van der Waals surface area contributed by atoms with Gasteiger partial charge in [0.1, 0.15) is 5.60 Å². The molecule has 0 atom stereocenters. The quantitative estimate of drug-likeness (QED) is 0.418. The number of unbranched alkanes of at least 4 members (excludes halogenated alkanes) is 2. The van der Waals surface area contributed by atoms with Gasteiger partial charge in [0.2, 0.25) is 0 Å². The van der Waals surface area contributed by atoms with Gasteiger partial charge < -0.3 is 9.84 Å². The summed E-state index contributed by atoms with van der Waals surface area (Å²) in [6.07, 6.45) is 14.0. The topological polar surface area (TPSA) is 63.6 Å². The third-order valence-electron chi connectivity index (χ3n) is 6.41. The zero-order valence-electron chi connectivity index (χ0n) is 16.8. The Hall–Kier alpha value is -1.06. The summed E-state index contributed by atoms with van der Waals surface area (Å²) in [6, 6.07) is 0. The van der Waals surface area contributed by atoms with E-state index >= 15 is 0 Å². The van der Waals surface area contributed by atoms with Gasteiger partial charge in [-0.1, -0.05) is 39.5 Å². The van der Waals surface area contributed by atoms with E-state index in [0.29, 0.717) is 25.7 Å². The number of aliphatic carboxylic acids is 1. The van der Waals surface area contributed by atoms with Crippen molar-refractivity contribution >= 4 is 11.9 Å². The number of hydrogen-bond acceptors (Lipinski definition) is 3. The molecule has 0 aromatic carbocycles. The minimum absolute atomic E-state index is 0.0575. The second-order valence-corrected chi connectivity index (χ2v) is 9.04. The second kappa shape index (κ2) is 10.3. The molecule has 1 N–H and O–H groups in total. The number of ether oxygens (including phenoxy) is 1. The van der Waals surface area contributed by atoms with E-state index in [0.717, 1.165) is 44.4 Å². The molecule has 4 heteroatoms. The van der Waals surface area contributed by atoms with Crippen LogP contribution in [0.3, 0.4) is 0 Å². The third-order valence-corrected chi connectivity index (χ3v) is 6.41. The Balaban J connectivity index is 1.82. The summed E-state index contributed by atoms with van der Waals surface area (Å²) in [5.41, 5.74) is -0.239. The van der Waals surface area contributed by atoms with Crippen molar-refractivity contribution in [2.75, 3.05) is 0 Å². The van der Waals surface area contributed by atoms with Gasteiger partial charge in [-0.3, -0.25) is 9.59 Å². The van der Waals surface area contributed by atoms with Crippen molar-refractivity contribution in [3.8, 4) is 0 Å². The summed E-state index contributed by atoms with van der Waals surface area (Å²) in [6.45, 7) is 4.53. The number of rotatable bonds is 9. The van der Waals surface area contributed by atoms with Gasteiger partial charge in [0.05, 0.1) is 11.8 Å². The highest BCUT2D eigenvalue weighted by Gasteiger charge is 2.38. The lowest BCUT2D eigenvalue weighted by molar-refractivity contribution is -0.172. The van der Waals surface area contributed by atoms with E-state index in [4.69, 9.17) is 9.84 Å². The van der Waals surface area contributed by atoms with Crippen LogP contribution in [-0.4, -0.2) is 22.6 Å². The Morgan fingerprint density at radius 1 is 0.962 bits per heavy atom. The van der Waals surface area contributed by atoms with Crippen molar-refractivity contribution in [1.29, 1.82) is 0 Å². The molecule has 150 valence electrons. The maximum absolute atomic E-state index is 12.8. The number of carboxylic acid groups (broad SMARTS) is 1. The highest BCUT2D eigenvalue weighted by atomic mass is 16.6. The van der Waals surface area contributed by atoms with Crippen LogP contribution in [0, 0.1) is 17.8 Å². The van der Waals surface area contributed by atoms with Gasteiger partial charge in [-0.25, -0.2) is 0 Å². The average molecular weight is 367 g/mol. The lowest BCUT2D eigenvalue weighted by Gasteiger charge is -2.38. The molecule has 0 amide bonds. The van der Waals surface area contributed by atoms with E-state index in [1.807, 2.05) is 0 Å². The number of esters is 1. The number of carboxylic acids is 1. The molecule has 0 radical (unpaired) electrons. The molecule has 2 rings (SSSR count). The minimum atomic E-state index is -0.720. The first-order valence-electron chi connectivity index (χ1n) is 10.9. The number of carbonyl (C=O) groups is 2. The van der Waals surface area contributed by atoms with Crippen molar-refractivity contribution in [2.24, 2.45) is 17.8 Å². The normalized spacial score (nSPS) is 25.8. The molecular formula is C22H38O4. The molecule has 2 aliphatic rings. The molecule has 2 aliphatic carbocycles. The fraction of sp³-hybridized carbons (Fsp3) is 0.909. The van der Waals surface area contributed by atoms with Crippen LogP contribution in [0.15, 0.2) is 0 Å². The fourth-order valence-electron chi connectivity index (χ4n) is 4.65. The van der Waals surface area contributed by atoms with Crippen molar-refractivity contribution < 1.29 is 19.4 Å². The highest BCUT2D eigenvalue weighted by Crippen LogP contribution is 2.38. The maximum Gasteiger partial charge on any atom is 0.309 e. The highest BCUT2D eigenvalue weighted by molar-refractivity contribution is 5.74. The van der Waals surface area contributed by atoms with Gasteiger partial charge in [0.15, 0.2) is 0 Å². The molecule has 2 fully saturated rings. The van der Waals surface area contributed by atoms with Crippen LogP contribution >= 0.6 is 0 Å². The van der Waals surface area contributed by atoms with Crippen molar-refractivity contribution in [3.05, 3.63) is 0 Å². The van der Waals surface area contributed by atoms with Crippen LogP contribution in [0.25, 0.3) is 0 Å². The van der Waals surface area contributed by atoms with Crippen molar-refractivity contribution in [2.45, 2.75) is 109 Å². The van der Waals surface area contributed by atoms with Crippen LogP contribution in [0.2, 0.25) is 0 Å². The van der Waals surface area contributed by atoms with E-state index < -0.39 is 5.97 Å². The molecule has 0 heterocycles. The van der Waals surface area contributed by atoms with Crippen LogP contribution in [-0.2, 0) is 14.3 Å². The Morgan fingerprint density at radius 3 is 2.15 bits per heavy atom. The average Bonchev–Trinajstić information content (AvgIpc) is 2.62. The zero-order valence-corrected chi connectivity index (χ0v) is 16.8. The van der Waals surface area contributed by atoms with E-state index in [1.165, 1.54) is 25.7 Å². The fourth-order valence-corrected chi connectivity index (χ4v) is 4.65. The van der Waals surface area contributed by atoms with Crippen LogP contribution in [0.4, 0.5) is 0 Å². The summed E-state index contributed by atoms with van der Waals surface area (Å²) in [5, 5.41) is 9.12. The first kappa shape index (κ1) is 21.2. The van der Waals surface area contributed by atoms with Crippen LogP contribution < -0.4 is 0 Å². The van der Waals surface area contributed by atoms with Gasteiger partial charge in [-0.05, 0) is 70.1 Å². The van der Waals surface area contributed by atoms with E-state index in [-0.39, 0.29) is 23.4 Å². The molecule has 26 heavy (non-hydrogen) atoms. The summed E-state index contributed by atoms with van der Waals surface area (Å²) in [4.78, 5) is 23.9. The Labute approximate surface area is 159 Å². The first-order valence-corrected chi connectivity index (χ1v) is 10.9. The van der Waals surface area contributed by atoms with Gasteiger partial charge in [0, 0.05) is 0 Å². The zero-order chi connectivity index (χ0) is 19.0. The van der Waals surface area contributed by atoms with Gasteiger partial charge >= 0.3 is 11.9 Å². The molecule has 0 bridgehead atoms. The Morgan fingerprint density at radius 2 is 1.58 bits per heavy atom. The van der Waals surface area contributed by atoms with Gasteiger partial charge in [-0.15, -0.1) is 0 Å². The number of carbonyl (C=O) groups excluding carboxylic acids is 1. The molecular weight excluding hydrogens is 328 g/mol. The third kappa shape index (κ3) is 6.59. The lowest BCUT2D eigenvalue weighted by atomic mass is 9.79. The summed E-state index contributed by atoms with van der Waals surface area (Å²) in [5.74, 6) is -0.383. The van der Waals surface area contributed by atoms with Crippen LogP contribution in [0.5, 0.6) is 0 Å². The summed E-state index contributed by atoms with van der Waals surface area (Å²) >= 11 is 0. The second-order valence-electron chi connectivity index (χ2n) is 9.04. The first-order chi connectivity index (χ1) is 12.4. The Kier molecular flexibility index (Phi) is 8.43. The predicted octanol–water partition coefficient (Wildman–Crippen LogP) is 5.73. The van der Waals surface area contributed by atoms with Gasteiger partial charge in [-0.2, -0.15) is 0 Å². The molecule has 0 aromatic rings. The smallest absolute Gasteiger partial charge is 0.309 e. The molecule has 4 nitrogen and oxygen atoms in total. The van der Waals surface area contributed by atoms with E-state index in [1.54, 1.807) is 0 Å². The largest absolute Gasteiger partial charge is 0.481 e. The minimum Gasteiger partial charge on any atom is -0.481 e. The van der Waals surface area contributed by atoms with E-state index in [2.05, 4.69) is 13.8 Å². The number of hydrogen-bond donors (Lipinski definition) is 1. The van der Waals surface area contributed by atoms with E-state index in [9.17, 15) is 9.59 Å². The van der Waals surface area contributed by atoms with Crippen molar-refractivity contribution in [1.82, 2.24) is 0 Å². The predicted molar refractivity (Wildman–Crippen MR) is 103 cm³/mol. The molecule has 2 saturated carbocycles. The molecule has 0 unspecified atom stereocenters. The molecule has 0 saturated heterocycles. The molecule has 0 aromatic heterocycles. The SMILES string of the molecule is CC(C)CCCCCC1(OC(=O)C2CCC(C(=O)O)CC2)CCCCC1. The van der Waals surface area contributed by atoms with Crippen LogP contribution in [0.1, 0.15) is 104 Å². The van der Waals surface area contributed by atoms with Crippen molar-refractivity contribution in [3.63, 3.8) is 0 Å². The monoisotopic (exact) mass is 366 g/mol. The van der Waals surface area contributed by atoms with Gasteiger partial charge in [0.25, 0.3) is 0 Å². The maximum atomic E-state index is 12.8. The summed E-state index contributed by atoms with van der Waals surface area (Å²) in [7, 11) is 0.